The molecule has 0 amide bonds. The molecule has 6 nitrogen and oxygen atoms in total. The molecule has 3 rings (SSSR count). The molecule has 2 aromatic heterocycles. The van der Waals surface area contributed by atoms with Gasteiger partial charge in [-0.1, -0.05) is 30.3 Å². The Morgan fingerprint density at radius 2 is 2.07 bits per heavy atom. The number of benzene rings is 1. The number of aromatic nitrogens is 1. The molecule has 0 aliphatic heterocycles. The van der Waals surface area contributed by atoms with Crippen molar-refractivity contribution in [2.24, 2.45) is 4.99 Å². The zero-order valence-corrected chi connectivity index (χ0v) is 16.9. The van der Waals surface area contributed by atoms with Crippen LogP contribution in [0.15, 0.2) is 63.5 Å². The number of aliphatic imine (C=N–C) groups is 1. The van der Waals surface area contributed by atoms with E-state index in [0.29, 0.717) is 19.8 Å². The van der Waals surface area contributed by atoms with Crippen molar-refractivity contribution in [1.29, 1.82) is 0 Å². The molecule has 28 heavy (non-hydrogen) atoms. The van der Waals surface area contributed by atoms with Crippen LogP contribution in [0.1, 0.15) is 24.1 Å². The molecule has 0 aliphatic carbocycles. The van der Waals surface area contributed by atoms with E-state index >= 15 is 0 Å². The standard InChI is InChI=1S/C21H26N4O2S/c1-2-22-21(23-11-7-12-26-15-18-10-6-13-27-18)24-14-20-25-19(16-28-20)17-8-4-3-5-9-17/h3-6,8-10,13,16H,2,7,11-12,14-15H2,1H3,(H2,22,23,24). The Bertz CT molecular complexity index is 831. The van der Waals surface area contributed by atoms with E-state index in [0.717, 1.165) is 47.5 Å². The highest BCUT2D eigenvalue weighted by atomic mass is 32.1. The van der Waals surface area contributed by atoms with Crippen molar-refractivity contribution in [3.8, 4) is 11.3 Å². The van der Waals surface area contributed by atoms with Crippen LogP contribution < -0.4 is 10.6 Å². The smallest absolute Gasteiger partial charge is 0.191 e. The number of nitrogens with zero attached hydrogens (tertiary/aromatic N) is 2. The van der Waals surface area contributed by atoms with Crippen LogP contribution in [0, 0.1) is 0 Å². The average molecular weight is 399 g/mol. The molecule has 0 aliphatic rings. The first kappa shape index (κ1) is 20.1. The first-order valence-corrected chi connectivity index (χ1v) is 10.3. The maximum atomic E-state index is 5.59. The van der Waals surface area contributed by atoms with Gasteiger partial charge in [0.25, 0.3) is 0 Å². The molecule has 148 valence electrons. The number of ether oxygens (including phenoxy) is 1. The van der Waals surface area contributed by atoms with E-state index in [2.05, 4.69) is 45.0 Å². The molecule has 0 saturated carbocycles. The zero-order valence-electron chi connectivity index (χ0n) is 16.1. The molecular formula is C21H26N4O2S. The second kappa shape index (κ2) is 11.3. The maximum Gasteiger partial charge on any atom is 0.191 e. The van der Waals surface area contributed by atoms with Crippen LogP contribution in [0.3, 0.4) is 0 Å². The highest BCUT2D eigenvalue weighted by molar-refractivity contribution is 7.09. The second-order valence-corrected chi connectivity index (χ2v) is 7.04. The molecule has 0 radical (unpaired) electrons. The van der Waals surface area contributed by atoms with E-state index in [-0.39, 0.29) is 0 Å². The summed E-state index contributed by atoms with van der Waals surface area (Å²) in [4.78, 5) is 9.32. The highest BCUT2D eigenvalue weighted by Gasteiger charge is 2.04. The lowest BCUT2D eigenvalue weighted by Gasteiger charge is -2.10. The molecule has 2 heterocycles. The van der Waals surface area contributed by atoms with Crippen molar-refractivity contribution in [1.82, 2.24) is 15.6 Å². The Kier molecular flexibility index (Phi) is 8.08. The summed E-state index contributed by atoms with van der Waals surface area (Å²) >= 11 is 1.64. The summed E-state index contributed by atoms with van der Waals surface area (Å²) in [5.74, 6) is 1.64. The minimum Gasteiger partial charge on any atom is -0.467 e. The number of hydrogen-bond acceptors (Lipinski definition) is 5. The first-order valence-electron chi connectivity index (χ1n) is 9.47. The minimum atomic E-state index is 0.509. The van der Waals surface area contributed by atoms with Crippen LogP contribution in [-0.2, 0) is 17.9 Å². The van der Waals surface area contributed by atoms with Crippen molar-refractivity contribution in [2.75, 3.05) is 19.7 Å². The van der Waals surface area contributed by atoms with Gasteiger partial charge >= 0.3 is 0 Å². The summed E-state index contributed by atoms with van der Waals surface area (Å²) in [6.07, 6.45) is 2.55. The molecular weight excluding hydrogens is 372 g/mol. The molecule has 0 spiro atoms. The third-order valence-corrected chi connectivity index (χ3v) is 4.75. The van der Waals surface area contributed by atoms with Gasteiger partial charge in [0.2, 0.25) is 0 Å². The summed E-state index contributed by atoms with van der Waals surface area (Å²) in [6, 6.07) is 14.0. The fourth-order valence-corrected chi connectivity index (χ4v) is 3.29. The monoisotopic (exact) mass is 398 g/mol. The molecule has 0 fully saturated rings. The normalized spacial score (nSPS) is 11.5. The number of rotatable bonds is 10. The van der Waals surface area contributed by atoms with Crippen molar-refractivity contribution in [2.45, 2.75) is 26.5 Å². The van der Waals surface area contributed by atoms with Gasteiger partial charge in [-0.25, -0.2) is 9.98 Å². The molecule has 0 unspecified atom stereocenters. The Balaban J connectivity index is 1.41. The first-order chi connectivity index (χ1) is 13.8. The summed E-state index contributed by atoms with van der Waals surface area (Å²) in [5, 5.41) is 9.68. The maximum absolute atomic E-state index is 5.59. The van der Waals surface area contributed by atoms with Crippen molar-refractivity contribution in [3.05, 3.63) is 64.9 Å². The topological polar surface area (TPSA) is 71.7 Å². The van der Waals surface area contributed by atoms with Crippen LogP contribution in [-0.4, -0.2) is 30.6 Å². The molecule has 0 atom stereocenters. The van der Waals surface area contributed by atoms with Crippen LogP contribution in [0.2, 0.25) is 0 Å². The Morgan fingerprint density at radius 1 is 1.18 bits per heavy atom. The summed E-state index contributed by atoms with van der Waals surface area (Å²) in [6.45, 7) is 5.39. The zero-order chi connectivity index (χ0) is 19.4. The fraction of sp³-hybridized carbons (Fsp3) is 0.333. The average Bonchev–Trinajstić information content (AvgIpc) is 3.41. The van der Waals surface area contributed by atoms with Gasteiger partial charge in [-0.05, 0) is 25.5 Å². The number of guanidine groups is 1. The minimum absolute atomic E-state index is 0.509. The largest absolute Gasteiger partial charge is 0.467 e. The van der Waals surface area contributed by atoms with E-state index in [1.807, 2.05) is 30.3 Å². The molecule has 0 saturated heterocycles. The molecule has 2 N–H and O–H groups in total. The number of hydrogen-bond donors (Lipinski definition) is 2. The van der Waals surface area contributed by atoms with Crippen LogP contribution in [0.4, 0.5) is 0 Å². The molecule has 7 heteroatoms. The van der Waals surface area contributed by atoms with E-state index in [9.17, 15) is 0 Å². The summed E-state index contributed by atoms with van der Waals surface area (Å²) in [5.41, 5.74) is 2.14. The van der Waals surface area contributed by atoms with Gasteiger partial charge in [0.15, 0.2) is 5.96 Å². The molecule has 0 bridgehead atoms. The lowest BCUT2D eigenvalue weighted by Crippen LogP contribution is -2.38. The number of nitrogens with one attached hydrogen (secondary N) is 2. The van der Waals surface area contributed by atoms with E-state index in [4.69, 9.17) is 9.15 Å². The third kappa shape index (κ3) is 6.51. The van der Waals surface area contributed by atoms with E-state index in [1.165, 1.54) is 0 Å². The van der Waals surface area contributed by atoms with Gasteiger partial charge in [-0.15, -0.1) is 11.3 Å². The van der Waals surface area contributed by atoms with Crippen molar-refractivity contribution >= 4 is 17.3 Å². The van der Waals surface area contributed by atoms with Gasteiger partial charge in [0.1, 0.15) is 17.4 Å². The Labute approximate surface area is 169 Å². The Hall–Kier alpha value is -2.64. The van der Waals surface area contributed by atoms with Gasteiger partial charge < -0.3 is 19.8 Å². The lowest BCUT2D eigenvalue weighted by atomic mass is 10.2. The van der Waals surface area contributed by atoms with Gasteiger partial charge in [-0.2, -0.15) is 0 Å². The predicted molar refractivity (Wildman–Crippen MR) is 113 cm³/mol. The molecule has 1 aromatic carbocycles. The van der Waals surface area contributed by atoms with Crippen LogP contribution in [0.25, 0.3) is 11.3 Å². The van der Waals surface area contributed by atoms with Gasteiger partial charge in [0.05, 0.1) is 18.5 Å². The van der Waals surface area contributed by atoms with Crippen molar-refractivity contribution in [3.63, 3.8) is 0 Å². The fourth-order valence-electron chi connectivity index (χ4n) is 2.56. The van der Waals surface area contributed by atoms with Gasteiger partial charge in [-0.3, -0.25) is 0 Å². The highest BCUT2D eigenvalue weighted by Crippen LogP contribution is 2.21. The van der Waals surface area contributed by atoms with Crippen molar-refractivity contribution < 1.29 is 9.15 Å². The number of thiazole rings is 1. The van der Waals surface area contributed by atoms with Gasteiger partial charge in [0, 0.05) is 30.6 Å². The SMILES string of the molecule is CCNC(=NCc1nc(-c2ccccc2)cs1)NCCCOCc1ccco1. The molecule has 3 aromatic rings. The summed E-state index contributed by atoms with van der Waals surface area (Å²) in [7, 11) is 0. The summed E-state index contributed by atoms with van der Waals surface area (Å²) < 4.78 is 10.8. The second-order valence-electron chi connectivity index (χ2n) is 6.10. The predicted octanol–water partition coefficient (Wildman–Crippen LogP) is 4.07. The van der Waals surface area contributed by atoms with E-state index in [1.54, 1.807) is 17.6 Å². The lowest BCUT2D eigenvalue weighted by molar-refractivity contribution is 0.105. The van der Waals surface area contributed by atoms with Crippen LogP contribution >= 0.6 is 11.3 Å². The third-order valence-electron chi connectivity index (χ3n) is 3.92. The van der Waals surface area contributed by atoms with Crippen LogP contribution in [0.5, 0.6) is 0 Å². The number of furan rings is 1. The quantitative estimate of drug-likeness (QED) is 0.306. The van der Waals surface area contributed by atoms with E-state index < -0.39 is 0 Å². The Morgan fingerprint density at radius 3 is 2.86 bits per heavy atom.